The van der Waals surface area contributed by atoms with Crippen LogP contribution in [0.5, 0.6) is 0 Å². The highest BCUT2D eigenvalue weighted by atomic mass is 79.9. The molecule has 0 bridgehead atoms. The molecule has 0 N–H and O–H groups in total. The molecule has 2 rings (SSSR count). The molecule has 0 atom stereocenters. The molecule has 72 valence electrons. The molecule has 0 fully saturated rings. The molecule has 0 radical (unpaired) electrons. The third-order valence-electron chi connectivity index (χ3n) is 1.77. The van der Waals surface area contributed by atoms with Crippen molar-refractivity contribution in [2.24, 2.45) is 0 Å². The van der Waals surface area contributed by atoms with Crippen LogP contribution in [0.2, 0.25) is 5.02 Å². The molecule has 0 amide bonds. The van der Waals surface area contributed by atoms with Crippen LogP contribution in [-0.2, 0) is 0 Å². The first-order valence-corrected chi connectivity index (χ1v) is 6.65. The molecule has 0 aliphatic carbocycles. The molecule has 0 unspecified atom stereocenters. The number of benzene rings is 1. The van der Waals surface area contributed by atoms with Gasteiger partial charge in [-0.15, -0.1) is 11.3 Å². The standard InChI is InChI=1S/C10H5Br2ClS/c11-8-5-9(14-10(8)12)6-1-3-7(13)4-2-6/h1-5H. The molecule has 0 aliphatic rings. The molecule has 4 heteroatoms. The number of hydrogen-bond donors (Lipinski definition) is 0. The van der Waals surface area contributed by atoms with Crippen LogP contribution in [0.3, 0.4) is 0 Å². The first kappa shape index (κ1) is 10.7. The summed E-state index contributed by atoms with van der Waals surface area (Å²) in [5.41, 5.74) is 1.19. The minimum absolute atomic E-state index is 0.767. The van der Waals surface area contributed by atoms with Crippen LogP contribution in [0, 0.1) is 0 Å². The van der Waals surface area contributed by atoms with Crippen molar-refractivity contribution < 1.29 is 0 Å². The van der Waals surface area contributed by atoms with E-state index in [0.717, 1.165) is 13.3 Å². The lowest BCUT2D eigenvalue weighted by molar-refractivity contribution is 1.69. The minimum Gasteiger partial charge on any atom is -0.127 e. The van der Waals surface area contributed by atoms with Gasteiger partial charge in [0.1, 0.15) is 0 Å². The first-order chi connectivity index (χ1) is 6.66. The van der Waals surface area contributed by atoms with Gasteiger partial charge in [-0.3, -0.25) is 0 Å². The topological polar surface area (TPSA) is 0 Å². The van der Waals surface area contributed by atoms with Crippen LogP contribution in [0.15, 0.2) is 38.6 Å². The Bertz CT molecular complexity index is 428. The third kappa shape index (κ3) is 2.22. The van der Waals surface area contributed by atoms with Crippen LogP contribution in [0.1, 0.15) is 0 Å². The molecular weight excluding hydrogens is 347 g/mol. The van der Waals surface area contributed by atoms with Gasteiger partial charge >= 0.3 is 0 Å². The molecule has 0 aliphatic heterocycles. The molecule has 0 spiro atoms. The summed E-state index contributed by atoms with van der Waals surface area (Å²) in [4.78, 5) is 1.22. The summed E-state index contributed by atoms with van der Waals surface area (Å²) in [6, 6.07) is 9.94. The Balaban J connectivity index is 2.44. The van der Waals surface area contributed by atoms with Crippen LogP contribution < -0.4 is 0 Å². The van der Waals surface area contributed by atoms with E-state index in [1.807, 2.05) is 24.3 Å². The maximum atomic E-state index is 5.82. The van der Waals surface area contributed by atoms with E-state index in [0.29, 0.717) is 0 Å². The van der Waals surface area contributed by atoms with Gasteiger partial charge in [0.05, 0.1) is 3.79 Å². The monoisotopic (exact) mass is 350 g/mol. The zero-order valence-electron chi connectivity index (χ0n) is 6.93. The summed E-state index contributed by atoms with van der Waals surface area (Å²) in [6.45, 7) is 0. The average Bonchev–Trinajstić information content (AvgIpc) is 2.48. The second-order valence-electron chi connectivity index (χ2n) is 2.74. The molecule has 0 saturated carbocycles. The van der Waals surface area contributed by atoms with Crippen molar-refractivity contribution in [3.05, 3.63) is 43.6 Å². The lowest BCUT2D eigenvalue weighted by atomic mass is 10.2. The summed E-state index contributed by atoms with van der Waals surface area (Å²) in [5.74, 6) is 0. The second-order valence-corrected chi connectivity index (χ2v) is 6.40. The Morgan fingerprint density at radius 1 is 1.07 bits per heavy atom. The normalized spacial score (nSPS) is 10.5. The fourth-order valence-electron chi connectivity index (χ4n) is 1.10. The van der Waals surface area contributed by atoms with Gasteiger partial charge < -0.3 is 0 Å². The second kappa shape index (κ2) is 4.35. The Hall–Kier alpha value is 0.170. The Morgan fingerprint density at radius 2 is 1.71 bits per heavy atom. The Kier molecular flexibility index (Phi) is 3.32. The summed E-state index contributed by atoms with van der Waals surface area (Å²) < 4.78 is 2.20. The predicted octanol–water partition coefficient (Wildman–Crippen LogP) is 5.59. The van der Waals surface area contributed by atoms with E-state index in [9.17, 15) is 0 Å². The van der Waals surface area contributed by atoms with E-state index in [2.05, 4.69) is 37.9 Å². The lowest BCUT2D eigenvalue weighted by Gasteiger charge is -1.95. The van der Waals surface area contributed by atoms with E-state index in [-0.39, 0.29) is 0 Å². The number of hydrogen-bond acceptors (Lipinski definition) is 1. The minimum atomic E-state index is 0.767. The highest BCUT2D eigenvalue weighted by molar-refractivity contribution is 9.13. The van der Waals surface area contributed by atoms with E-state index < -0.39 is 0 Å². The fraction of sp³-hybridized carbons (Fsp3) is 0. The summed E-state index contributed by atoms with van der Waals surface area (Å²) >= 11 is 14.5. The van der Waals surface area contributed by atoms with E-state index in [1.165, 1.54) is 10.4 Å². The SMILES string of the molecule is Clc1ccc(-c2cc(Br)c(Br)s2)cc1. The van der Waals surface area contributed by atoms with Crippen molar-refractivity contribution >= 4 is 54.8 Å². The molecule has 0 saturated heterocycles. The van der Waals surface area contributed by atoms with Crippen molar-refractivity contribution in [2.75, 3.05) is 0 Å². The molecule has 0 nitrogen and oxygen atoms in total. The van der Waals surface area contributed by atoms with Gasteiger partial charge in [-0.2, -0.15) is 0 Å². The Morgan fingerprint density at radius 3 is 2.21 bits per heavy atom. The molecule has 1 heterocycles. The number of halogens is 3. The van der Waals surface area contributed by atoms with Crippen LogP contribution in [0.25, 0.3) is 10.4 Å². The van der Waals surface area contributed by atoms with E-state index in [4.69, 9.17) is 11.6 Å². The third-order valence-corrected chi connectivity index (χ3v) is 5.33. The maximum absolute atomic E-state index is 5.82. The first-order valence-electron chi connectivity index (χ1n) is 3.87. The molecule has 1 aromatic heterocycles. The van der Waals surface area contributed by atoms with Crippen molar-refractivity contribution in [1.82, 2.24) is 0 Å². The van der Waals surface area contributed by atoms with E-state index >= 15 is 0 Å². The van der Waals surface area contributed by atoms with E-state index in [1.54, 1.807) is 11.3 Å². The zero-order valence-corrected chi connectivity index (χ0v) is 11.7. The van der Waals surface area contributed by atoms with Gasteiger partial charge in [0, 0.05) is 14.4 Å². The molecule has 14 heavy (non-hydrogen) atoms. The molecule has 1 aromatic carbocycles. The van der Waals surface area contributed by atoms with Crippen LogP contribution in [-0.4, -0.2) is 0 Å². The van der Waals surface area contributed by atoms with Crippen molar-refractivity contribution in [3.8, 4) is 10.4 Å². The smallest absolute Gasteiger partial charge is 0.0846 e. The van der Waals surface area contributed by atoms with Gasteiger partial charge in [0.2, 0.25) is 0 Å². The van der Waals surface area contributed by atoms with Gasteiger partial charge in [0.15, 0.2) is 0 Å². The van der Waals surface area contributed by atoms with Gasteiger partial charge in [0.25, 0.3) is 0 Å². The molecule has 2 aromatic rings. The van der Waals surface area contributed by atoms with Crippen LogP contribution >= 0.6 is 54.8 Å². The number of rotatable bonds is 1. The van der Waals surface area contributed by atoms with Crippen molar-refractivity contribution in [2.45, 2.75) is 0 Å². The van der Waals surface area contributed by atoms with Gasteiger partial charge in [-0.25, -0.2) is 0 Å². The van der Waals surface area contributed by atoms with Crippen molar-refractivity contribution in [3.63, 3.8) is 0 Å². The summed E-state index contributed by atoms with van der Waals surface area (Å²) in [5, 5.41) is 0.767. The summed E-state index contributed by atoms with van der Waals surface area (Å²) in [7, 11) is 0. The van der Waals surface area contributed by atoms with Gasteiger partial charge in [-0.1, -0.05) is 23.7 Å². The van der Waals surface area contributed by atoms with Gasteiger partial charge in [-0.05, 0) is 55.6 Å². The quantitative estimate of drug-likeness (QED) is 0.627. The summed E-state index contributed by atoms with van der Waals surface area (Å²) in [6.07, 6.45) is 0. The highest BCUT2D eigenvalue weighted by Crippen LogP contribution is 2.38. The predicted molar refractivity (Wildman–Crippen MR) is 70.2 cm³/mol. The van der Waals surface area contributed by atoms with Crippen molar-refractivity contribution in [1.29, 1.82) is 0 Å². The largest absolute Gasteiger partial charge is 0.127 e. The van der Waals surface area contributed by atoms with Crippen LogP contribution in [0.4, 0.5) is 0 Å². The highest BCUT2D eigenvalue weighted by Gasteiger charge is 2.05. The zero-order chi connectivity index (χ0) is 10.1. The fourth-order valence-corrected chi connectivity index (χ4v) is 3.27. The number of thiophene rings is 1. The molecular formula is C10H5Br2ClS. The average molecular weight is 352 g/mol. The Labute approximate surface area is 108 Å². The maximum Gasteiger partial charge on any atom is 0.0846 e. The lowest BCUT2D eigenvalue weighted by Crippen LogP contribution is -1.69.